The molecule has 0 bridgehead atoms. The molecule has 1 atom stereocenters. The molecule has 15 heavy (non-hydrogen) atoms. The first-order valence-electron chi connectivity index (χ1n) is 5.60. The average Bonchev–Trinajstić information content (AvgIpc) is 3.00. The minimum absolute atomic E-state index is 0.223. The molecule has 0 aromatic heterocycles. The van der Waals surface area contributed by atoms with E-state index in [0.717, 1.165) is 12.5 Å². The van der Waals surface area contributed by atoms with Crippen LogP contribution < -0.4 is 0 Å². The van der Waals surface area contributed by atoms with Gasteiger partial charge in [0.2, 0.25) is 0 Å². The summed E-state index contributed by atoms with van der Waals surface area (Å²) < 4.78 is 5.04. The van der Waals surface area contributed by atoms with E-state index in [1.54, 1.807) is 7.11 Å². The van der Waals surface area contributed by atoms with Crippen LogP contribution in [0, 0.1) is 5.92 Å². The SMILES string of the molecule is COCCN(CCC(=O)O)C(C)C1CC1. The van der Waals surface area contributed by atoms with Gasteiger partial charge in [-0.15, -0.1) is 0 Å². The van der Waals surface area contributed by atoms with Crippen LogP contribution >= 0.6 is 0 Å². The highest BCUT2D eigenvalue weighted by atomic mass is 16.5. The van der Waals surface area contributed by atoms with Gasteiger partial charge in [0.15, 0.2) is 0 Å². The third kappa shape index (κ3) is 4.62. The van der Waals surface area contributed by atoms with Gasteiger partial charge in [0.25, 0.3) is 0 Å². The van der Waals surface area contributed by atoms with Crippen molar-refractivity contribution in [2.75, 3.05) is 26.8 Å². The molecule has 4 nitrogen and oxygen atoms in total. The Kier molecular flexibility index (Phi) is 5.05. The summed E-state index contributed by atoms with van der Waals surface area (Å²) in [5.41, 5.74) is 0. The number of carboxylic acid groups (broad SMARTS) is 1. The number of aliphatic carboxylic acids is 1. The molecule has 1 N–H and O–H groups in total. The Bertz CT molecular complexity index is 204. The summed E-state index contributed by atoms with van der Waals surface area (Å²) in [6.07, 6.45) is 2.80. The molecule has 4 heteroatoms. The van der Waals surface area contributed by atoms with Crippen LogP contribution in [0.3, 0.4) is 0 Å². The molecule has 0 radical (unpaired) electrons. The second-order valence-corrected chi connectivity index (χ2v) is 4.25. The number of carbonyl (C=O) groups is 1. The van der Waals surface area contributed by atoms with Crippen molar-refractivity contribution >= 4 is 5.97 Å². The van der Waals surface area contributed by atoms with Gasteiger partial charge in [-0.2, -0.15) is 0 Å². The van der Waals surface area contributed by atoms with Crippen molar-refractivity contribution in [2.45, 2.75) is 32.2 Å². The molecule has 0 aliphatic heterocycles. The summed E-state index contributed by atoms with van der Waals surface area (Å²) in [6.45, 7) is 4.34. The minimum atomic E-state index is -0.722. The lowest BCUT2D eigenvalue weighted by Gasteiger charge is -2.28. The van der Waals surface area contributed by atoms with Crippen molar-refractivity contribution in [3.63, 3.8) is 0 Å². The fraction of sp³-hybridized carbons (Fsp3) is 0.909. The van der Waals surface area contributed by atoms with Crippen molar-refractivity contribution in [1.82, 2.24) is 4.90 Å². The number of nitrogens with zero attached hydrogens (tertiary/aromatic N) is 1. The summed E-state index contributed by atoms with van der Waals surface area (Å²) in [6, 6.07) is 0.500. The van der Waals surface area contributed by atoms with Crippen molar-refractivity contribution in [3.05, 3.63) is 0 Å². The molecule has 1 aliphatic rings. The summed E-state index contributed by atoms with van der Waals surface area (Å²) in [7, 11) is 1.68. The molecule has 0 heterocycles. The van der Waals surface area contributed by atoms with Crippen LogP contribution in [0.15, 0.2) is 0 Å². The van der Waals surface area contributed by atoms with Crippen LogP contribution in [-0.4, -0.2) is 48.8 Å². The Balaban J connectivity index is 2.32. The van der Waals surface area contributed by atoms with Gasteiger partial charge in [-0.25, -0.2) is 0 Å². The fourth-order valence-electron chi connectivity index (χ4n) is 1.84. The van der Waals surface area contributed by atoms with E-state index >= 15 is 0 Å². The number of ether oxygens (including phenoxy) is 1. The maximum absolute atomic E-state index is 10.5. The van der Waals surface area contributed by atoms with Crippen LogP contribution in [0.2, 0.25) is 0 Å². The van der Waals surface area contributed by atoms with E-state index in [2.05, 4.69) is 11.8 Å². The second kappa shape index (κ2) is 6.08. The van der Waals surface area contributed by atoms with Gasteiger partial charge in [0.05, 0.1) is 13.0 Å². The highest BCUT2D eigenvalue weighted by molar-refractivity contribution is 5.66. The molecule has 0 aromatic rings. The smallest absolute Gasteiger partial charge is 0.304 e. The summed E-state index contributed by atoms with van der Waals surface area (Å²) >= 11 is 0. The lowest BCUT2D eigenvalue weighted by molar-refractivity contribution is -0.137. The first-order valence-corrected chi connectivity index (χ1v) is 5.60. The van der Waals surface area contributed by atoms with E-state index < -0.39 is 5.97 Å². The van der Waals surface area contributed by atoms with Gasteiger partial charge >= 0.3 is 5.97 Å². The fourth-order valence-corrected chi connectivity index (χ4v) is 1.84. The van der Waals surface area contributed by atoms with Crippen molar-refractivity contribution < 1.29 is 14.6 Å². The van der Waals surface area contributed by atoms with Crippen LogP contribution in [0.25, 0.3) is 0 Å². The summed E-state index contributed by atoms with van der Waals surface area (Å²) in [5, 5.41) is 8.67. The minimum Gasteiger partial charge on any atom is -0.481 e. The molecular weight excluding hydrogens is 194 g/mol. The van der Waals surface area contributed by atoms with E-state index in [-0.39, 0.29) is 6.42 Å². The summed E-state index contributed by atoms with van der Waals surface area (Å²) in [4.78, 5) is 12.8. The van der Waals surface area contributed by atoms with E-state index in [1.165, 1.54) is 12.8 Å². The molecule has 1 rings (SSSR count). The molecule has 1 fully saturated rings. The second-order valence-electron chi connectivity index (χ2n) is 4.25. The maximum Gasteiger partial charge on any atom is 0.304 e. The molecule has 0 aromatic carbocycles. The van der Waals surface area contributed by atoms with Gasteiger partial charge in [-0.3, -0.25) is 9.69 Å². The van der Waals surface area contributed by atoms with Gasteiger partial charge in [-0.1, -0.05) is 0 Å². The zero-order valence-electron chi connectivity index (χ0n) is 9.61. The highest BCUT2D eigenvalue weighted by Gasteiger charge is 2.31. The largest absolute Gasteiger partial charge is 0.481 e. The zero-order chi connectivity index (χ0) is 11.3. The molecular formula is C11H21NO3. The Hall–Kier alpha value is -0.610. The average molecular weight is 215 g/mol. The number of methoxy groups -OCH3 is 1. The standard InChI is InChI=1S/C11H21NO3/c1-9(10-3-4-10)12(7-8-15-2)6-5-11(13)14/h9-10H,3-8H2,1-2H3,(H,13,14). The molecule has 0 amide bonds. The molecule has 0 saturated heterocycles. The van der Waals surface area contributed by atoms with E-state index in [1.807, 2.05) is 0 Å². The van der Waals surface area contributed by atoms with Gasteiger partial charge in [0, 0.05) is 26.2 Å². The molecule has 88 valence electrons. The van der Waals surface area contributed by atoms with E-state index in [9.17, 15) is 4.79 Å². The molecule has 1 unspecified atom stereocenters. The molecule has 1 aliphatic carbocycles. The topological polar surface area (TPSA) is 49.8 Å². The highest BCUT2D eigenvalue weighted by Crippen LogP contribution is 2.35. The summed E-state index contributed by atoms with van der Waals surface area (Å²) in [5.74, 6) is 0.0519. The lowest BCUT2D eigenvalue weighted by Crippen LogP contribution is -2.38. The van der Waals surface area contributed by atoms with Crippen LogP contribution in [0.4, 0.5) is 0 Å². The van der Waals surface area contributed by atoms with Gasteiger partial charge in [-0.05, 0) is 25.7 Å². The number of carboxylic acids is 1. The van der Waals surface area contributed by atoms with Crippen molar-refractivity contribution in [3.8, 4) is 0 Å². The predicted molar refractivity (Wildman–Crippen MR) is 57.9 cm³/mol. The molecule has 1 saturated carbocycles. The zero-order valence-corrected chi connectivity index (χ0v) is 9.61. The third-order valence-electron chi connectivity index (χ3n) is 3.08. The number of hydrogen-bond donors (Lipinski definition) is 1. The monoisotopic (exact) mass is 215 g/mol. The first-order chi connectivity index (χ1) is 7.15. The molecule has 0 spiro atoms. The van der Waals surface area contributed by atoms with Gasteiger partial charge < -0.3 is 9.84 Å². The van der Waals surface area contributed by atoms with Crippen LogP contribution in [0.5, 0.6) is 0 Å². The van der Waals surface area contributed by atoms with E-state index in [4.69, 9.17) is 9.84 Å². The van der Waals surface area contributed by atoms with Gasteiger partial charge in [0.1, 0.15) is 0 Å². The van der Waals surface area contributed by atoms with Crippen LogP contribution in [0.1, 0.15) is 26.2 Å². The normalized spacial score (nSPS) is 18.1. The Morgan fingerprint density at radius 2 is 2.20 bits per heavy atom. The Labute approximate surface area is 91.2 Å². The maximum atomic E-state index is 10.5. The Morgan fingerprint density at radius 3 is 2.67 bits per heavy atom. The number of hydrogen-bond acceptors (Lipinski definition) is 3. The van der Waals surface area contributed by atoms with Crippen molar-refractivity contribution in [1.29, 1.82) is 0 Å². The van der Waals surface area contributed by atoms with Crippen LogP contribution in [-0.2, 0) is 9.53 Å². The Morgan fingerprint density at radius 1 is 1.53 bits per heavy atom. The quantitative estimate of drug-likeness (QED) is 0.661. The first kappa shape index (κ1) is 12.5. The predicted octanol–water partition coefficient (Wildman–Crippen LogP) is 1.21. The van der Waals surface area contributed by atoms with Crippen molar-refractivity contribution in [2.24, 2.45) is 5.92 Å². The van der Waals surface area contributed by atoms with E-state index in [0.29, 0.717) is 19.2 Å². The number of rotatable bonds is 8. The third-order valence-corrected chi connectivity index (χ3v) is 3.08. The lowest BCUT2D eigenvalue weighted by atomic mass is 10.1.